The number of benzene rings is 2. The van der Waals surface area contributed by atoms with Crippen molar-refractivity contribution in [2.24, 2.45) is 0 Å². The Bertz CT molecular complexity index is 856. The molecule has 3 rings (SSSR count). The number of nitriles is 1. The van der Waals surface area contributed by atoms with Gasteiger partial charge >= 0.3 is 0 Å². The summed E-state index contributed by atoms with van der Waals surface area (Å²) >= 11 is 1.65. The smallest absolute Gasteiger partial charge is 0.262 e. The molecule has 2 aromatic carbocycles. The molecule has 0 saturated carbocycles. The minimum Gasteiger partial charge on any atom is -0.262 e. The summed E-state index contributed by atoms with van der Waals surface area (Å²) in [6.45, 7) is 1.88. The molecule has 0 amide bonds. The van der Waals surface area contributed by atoms with Gasteiger partial charge in [0, 0.05) is 10.6 Å². The van der Waals surface area contributed by atoms with Crippen LogP contribution in [0.5, 0.6) is 0 Å². The van der Waals surface area contributed by atoms with E-state index < -0.39 is 10.0 Å². The topological polar surface area (TPSA) is 61.2 Å². The van der Waals surface area contributed by atoms with Crippen molar-refractivity contribution < 1.29 is 8.42 Å². The number of hydrogen-bond donors (Lipinski definition) is 0. The second-order valence-corrected chi connectivity index (χ2v) is 7.88. The number of sulfonamides is 1. The maximum atomic E-state index is 13.1. The van der Waals surface area contributed by atoms with Crippen LogP contribution in [0.2, 0.25) is 0 Å². The summed E-state index contributed by atoms with van der Waals surface area (Å²) in [7, 11) is -3.77. The zero-order chi connectivity index (χ0) is 15.7. The molecule has 0 N–H and O–H groups in total. The second-order valence-electron chi connectivity index (χ2n) is 5.04. The van der Waals surface area contributed by atoms with Crippen molar-refractivity contribution in [2.75, 3.05) is 10.1 Å². The minimum absolute atomic E-state index is 0.0612. The Labute approximate surface area is 134 Å². The third kappa shape index (κ3) is 2.36. The van der Waals surface area contributed by atoms with Crippen LogP contribution >= 0.6 is 11.8 Å². The molecule has 0 spiro atoms. The fraction of sp³-hybridized carbons (Fsp3) is 0.188. The Morgan fingerprint density at radius 3 is 2.64 bits per heavy atom. The van der Waals surface area contributed by atoms with E-state index in [0.717, 1.165) is 4.90 Å². The van der Waals surface area contributed by atoms with Crippen LogP contribution < -0.4 is 4.31 Å². The number of thioether (sulfide) groups is 1. The molecular weight excluding hydrogens is 316 g/mol. The second kappa shape index (κ2) is 5.67. The van der Waals surface area contributed by atoms with Crippen LogP contribution in [-0.2, 0) is 10.0 Å². The van der Waals surface area contributed by atoms with E-state index in [0.29, 0.717) is 11.4 Å². The Morgan fingerprint density at radius 1 is 1.18 bits per heavy atom. The van der Waals surface area contributed by atoms with Gasteiger partial charge in [-0.25, -0.2) is 8.42 Å². The lowest BCUT2D eigenvalue weighted by atomic mass is 10.2. The summed E-state index contributed by atoms with van der Waals surface area (Å²) in [6, 6.07) is 15.6. The number of hydrogen-bond acceptors (Lipinski definition) is 4. The van der Waals surface area contributed by atoms with Crippen LogP contribution in [0.1, 0.15) is 12.5 Å². The predicted octanol–water partition coefficient (Wildman–Crippen LogP) is 3.25. The van der Waals surface area contributed by atoms with Crippen molar-refractivity contribution in [3.05, 3.63) is 54.1 Å². The van der Waals surface area contributed by atoms with Crippen molar-refractivity contribution in [2.45, 2.75) is 22.8 Å². The molecule has 1 aliphatic heterocycles. The summed E-state index contributed by atoms with van der Waals surface area (Å²) in [6.07, 6.45) is 0. The maximum Gasteiger partial charge on any atom is 0.265 e. The van der Waals surface area contributed by atoms with Crippen molar-refractivity contribution in [3.63, 3.8) is 0 Å². The highest BCUT2D eigenvalue weighted by atomic mass is 32.2. The molecule has 4 nitrogen and oxygen atoms in total. The van der Waals surface area contributed by atoms with Crippen LogP contribution in [0.15, 0.2) is 58.3 Å². The molecule has 0 bridgehead atoms. The first-order chi connectivity index (χ1) is 10.6. The van der Waals surface area contributed by atoms with Gasteiger partial charge in [-0.05, 0) is 31.2 Å². The van der Waals surface area contributed by atoms with E-state index in [1.807, 2.05) is 37.3 Å². The summed E-state index contributed by atoms with van der Waals surface area (Å²) in [5, 5.41) is 9.20. The Morgan fingerprint density at radius 2 is 1.86 bits per heavy atom. The molecule has 112 valence electrons. The first-order valence-electron chi connectivity index (χ1n) is 6.81. The molecular formula is C16H14N2O2S2. The number of anilines is 1. The lowest BCUT2D eigenvalue weighted by Crippen LogP contribution is -2.42. The summed E-state index contributed by atoms with van der Waals surface area (Å²) in [5.74, 6) is 0.685. The van der Waals surface area contributed by atoms with Gasteiger partial charge in [0.1, 0.15) is 11.0 Å². The molecule has 0 aromatic heterocycles. The lowest BCUT2D eigenvalue weighted by Gasteiger charge is -2.35. The van der Waals surface area contributed by atoms with Crippen molar-refractivity contribution in [1.29, 1.82) is 5.26 Å². The van der Waals surface area contributed by atoms with E-state index in [1.54, 1.807) is 23.9 Å². The van der Waals surface area contributed by atoms with E-state index >= 15 is 0 Å². The SMILES string of the molecule is CC1CSc2ccccc2N1S(=O)(=O)c1ccccc1C#N. The lowest BCUT2D eigenvalue weighted by molar-refractivity contribution is 0.583. The molecule has 6 heteroatoms. The fourth-order valence-electron chi connectivity index (χ4n) is 2.53. The quantitative estimate of drug-likeness (QED) is 0.848. The van der Waals surface area contributed by atoms with Gasteiger partial charge in [0.05, 0.1) is 17.3 Å². The number of fused-ring (bicyclic) bond motifs is 1. The van der Waals surface area contributed by atoms with E-state index in [1.165, 1.54) is 16.4 Å². The molecule has 1 atom stereocenters. The van der Waals surface area contributed by atoms with Crippen LogP contribution in [0.25, 0.3) is 0 Å². The molecule has 1 unspecified atom stereocenters. The van der Waals surface area contributed by atoms with E-state index in [2.05, 4.69) is 0 Å². The molecule has 22 heavy (non-hydrogen) atoms. The highest BCUT2D eigenvalue weighted by Crippen LogP contribution is 2.40. The molecule has 1 aliphatic rings. The van der Waals surface area contributed by atoms with Crippen LogP contribution in [0.4, 0.5) is 5.69 Å². The third-order valence-corrected chi connectivity index (χ3v) is 6.82. The zero-order valence-electron chi connectivity index (χ0n) is 11.9. The molecule has 0 radical (unpaired) electrons. The van der Waals surface area contributed by atoms with Crippen LogP contribution in [0, 0.1) is 11.3 Å². The Hall–Kier alpha value is -1.97. The first kappa shape index (κ1) is 14.9. The average molecular weight is 330 g/mol. The largest absolute Gasteiger partial charge is 0.265 e. The van der Waals surface area contributed by atoms with Crippen LogP contribution in [0.3, 0.4) is 0 Å². The van der Waals surface area contributed by atoms with Crippen LogP contribution in [-0.4, -0.2) is 20.2 Å². The monoisotopic (exact) mass is 330 g/mol. The van der Waals surface area contributed by atoms with E-state index in [9.17, 15) is 13.7 Å². The maximum absolute atomic E-state index is 13.1. The van der Waals surface area contributed by atoms with Gasteiger partial charge in [0.2, 0.25) is 0 Å². The van der Waals surface area contributed by atoms with Gasteiger partial charge in [0.15, 0.2) is 0 Å². The predicted molar refractivity (Wildman–Crippen MR) is 87.4 cm³/mol. The van der Waals surface area contributed by atoms with Crippen molar-refractivity contribution in [1.82, 2.24) is 0 Å². The number of nitrogens with zero attached hydrogens (tertiary/aromatic N) is 2. The van der Waals surface area contributed by atoms with E-state index in [4.69, 9.17) is 0 Å². The highest BCUT2D eigenvalue weighted by molar-refractivity contribution is 8.00. The summed E-state index contributed by atoms with van der Waals surface area (Å²) < 4.78 is 27.7. The average Bonchev–Trinajstić information content (AvgIpc) is 2.54. The van der Waals surface area contributed by atoms with Gasteiger partial charge in [-0.1, -0.05) is 24.3 Å². The highest BCUT2D eigenvalue weighted by Gasteiger charge is 2.35. The summed E-state index contributed by atoms with van der Waals surface area (Å²) in [4.78, 5) is 1.00. The normalized spacial score (nSPS) is 17.6. The van der Waals surface area contributed by atoms with Gasteiger partial charge in [-0.15, -0.1) is 11.8 Å². The zero-order valence-corrected chi connectivity index (χ0v) is 13.6. The van der Waals surface area contributed by atoms with Gasteiger partial charge < -0.3 is 0 Å². The molecule has 0 aliphatic carbocycles. The van der Waals surface area contributed by atoms with Crippen molar-refractivity contribution >= 4 is 27.5 Å². The van der Waals surface area contributed by atoms with Gasteiger partial charge in [0.25, 0.3) is 10.0 Å². The summed E-state index contributed by atoms with van der Waals surface area (Å²) in [5.41, 5.74) is 0.851. The van der Waals surface area contributed by atoms with Crippen molar-refractivity contribution in [3.8, 4) is 6.07 Å². The Kier molecular flexibility index (Phi) is 3.85. The minimum atomic E-state index is -3.77. The van der Waals surface area contributed by atoms with Gasteiger partial charge in [-0.3, -0.25) is 4.31 Å². The van der Waals surface area contributed by atoms with Gasteiger partial charge in [-0.2, -0.15) is 5.26 Å². The standard InChI is InChI=1S/C16H14N2O2S2/c1-12-11-21-15-8-4-3-7-14(15)18(12)22(19,20)16-9-5-2-6-13(16)10-17/h2-9,12H,11H2,1H3. The van der Waals surface area contributed by atoms with E-state index in [-0.39, 0.29) is 16.5 Å². The number of rotatable bonds is 2. The fourth-order valence-corrected chi connectivity index (χ4v) is 5.56. The third-order valence-electron chi connectivity index (χ3n) is 3.53. The molecule has 1 heterocycles. The molecule has 0 saturated heterocycles. The first-order valence-corrected chi connectivity index (χ1v) is 9.23. The Balaban J connectivity index is 2.20. The molecule has 0 fully saturated rings. The number of para-hydroxylation sites is 1. The molecule has 2 aromatic rings.